The molecule has 0 atom stereocenters. The van der Waals surface area contributed by atoms with Crippen molar-refractivity contribution in [2.45, 2.75) is 20.8 Å². The van der Waals surface area contributed by atoms with Gasteiger partial charge in [-0.25, -0.2) is 9.78 Å². The highest BCUT2D eigenvalue weighted by atomic mass is 16.5. The molecule has 1 aromatic carbocycles. The Balaban J connectivity index is 1.81. The van der Waals surface area contributed by atoms with Crippen LogP contribution in [0.15, 0.2) is 39.3 Å². The molecule has 0 bridgehead atoms. The number of aryl methyl sites for hydroxylation is 3. The largest absolute Gasteiger partial charge is 0.505 e. The Morgan fingerprint density at radius 1 is 1.13 bits per heavy atom. The van der Waals surface area contributed by atoms with Crippen molar-refractivity contribution in [3.63, 3.8) is 0 Å². The molecule has 0 unspecified atom stereocenters. The molecule has 0 saturated heterocycles. The molecule has 9 heteroatoms. The zero-order valence-corrected chi connectivity index (χ0v) is 17.3. The normalized spacial score (nSPS) is 11.0. The number of carbonyl (C=O) groups is 2. The van der Waals surface area contributed by atoms with Gasteiger partial charge in [-0.15, -0.1) is 0 Å². The summed E-state index contributed by atoms with van der Waals surface area (Å²) in [5.74, 6) is -0.288. The number of ether oxygens (including phenoxy) is 1. The van der Waals surface area contributed by atoms with Crippen LogP contribution in [-0.2, 0) is 4.74 Å². The average Bonchev–Trinajstić information content (AvgIpc) is 3.29. The number of methoxy groups -OCH3 is 1. The smallest absolute Gasteiger partial charge is 0.341 e. The van der Waals surface area contributed by atoms with Gasteiger partial charge in [-0.3, -0.25) is 4.79 Å². The molecule has 0 aliphatic rings. The number of phenols is 1. The Morgan fingerprint density at radius 3 is 2.58 bits per heavy atom. The summed E-state index contributed by atoms with van der Waals surface area (Å²) in [5, 5.41) is 17.4. The van der Waals surface area contributed by atoms with Crippen LogP contribution in [0.25, 0.3) is 22.4 Å². The number of hydrogen-bond acceptors (Lipinski definition) is 8. The van der Waals surface area contributed by atoms with Crippen LogP contribution in [-0.4, -0.2) is 34.2 Å². The van der Waals surface area contributed by atoms with Crippen LogP contribution in [0.3, 0.4) is 0 Å². The molecule has 4 rings (SSSR count). The van der Waals surface area contributed by atoms with Crippen LogP contribution in [0.1, 0.15) is 37.9 Å². The molecule has 158 valence electrons. The van der Waals surface area contributed by atoms with Gasteiger partial charge in [0.05, 0.1) is 35.1 Å². The molecule has 0 radical (unpaired) electrons. The minimum Gasteiger partial charge on any atom is -0.505 e. The van der Waals surface area contributed by atoms with Crippen molar-refractivity contribution in [2.24, 2.45) is 0 Å². The number of pyridine rings is 1. The van der Waals surface area contributed by atoms with Gasteiger partial charge in [0.25, 0.3) is 11.6 Å². The fraction of sp³-hybridized carbons (Fsp3) is 0.182. The number of nitrogens with one attached hydrogen (secondary N) is 1. The minimum absolute atomic E-state index is 0.0591. The predicted octanol–water partition coefficient (Wildman–Crippen LogP) is 4.15. The number of nitrogens with zero attached hydrogens (tertiary/aromatic N) is 2. The summed E-state index contributed by atoms with van der Waals surface area (Å²) in [4.78, 5) is 29.5. The fourth-order valence-corrected chi connectivity index (χ4v) is 3.41. The summed E-state index contributed by atoms with van der Waals surface area (Å²) in [5.41, 5.74) is 2.14. The van der Waals surface area contributed by atoms with Gasteiger partial charge in [0, 0.05) is 5.56 Å². The average molecular weight is 421 g/mol. The highest BCUT2D eigenvalue weighted by Gasteiger charge is 2.23. The molecule has 9 nitrogen and oxygen atoms in total. The van der Waals surface area contributed by atoms with E-state index >= 15 is 0 Å². The standard InChI is InChI=1S/C22H19N3O6/c1-10-8-14(12(3)30-10)17-9-15(18-11(2)25-31-21(18)24-17)20(27)23-16-7-5-6-13(19(16)26)22(28)29-4/h5-9,26H,1-4H3,(H,23,27). The summed E-state index contributed by atoms with van der Waals surface area (Å²) in [6, 6.07) is 7.83. The first kappa shape index (κ1) is 20.1. The first-order valence-corrected chi connectivity index (χ1v) is 9.36. The van der Waals surface area contributed by atoms with E-state index in [0.717, 1.165) is 5.56 Å². The Kier molecular flexibility index (Phi) is 4.94. The number of esters is 1. The van der Waals surface area contributed by atoms with Gasteiger partial charge in [0.15, 0.2) is 5.75 Å². The lowest BCUT2D eigenvalue weighted by Crippen LogP contribution is -2.14. The van der Waals surface area contributed by atoms with Gasteiger partial charge < -0.3 is 24.1 Å². The number of rotatable bonds is 4. The lowest BCUT2D eigenvalue weighted by Gasteiger charge is -2.11. The summed E-state index contributed by atoms with van der Waals surface area (Å²) >= 11 is 0. The van der Waals surface area contributed by atoms with Gasteiger partial charge in [-0.2, -0.15) is 0 Å². The maximum Gasteiger partial charge on any atom is 0.341 e. The molecule has 3 aromatic heterocycles. The third-order valence-electron chi connectivity index (χ3n) is 4.87. The van der Waals surface area contributed by atoms with Crippen LogP contribution in [0.4, 0.5) is 5.69 Å². The molecule has 0 aliphatic heterocycles. The number of para-hydroxylation sites is 1. The predicted molar refractivity (Wildman–Crippen MR) is 111 cm³/mol. The zero-order chi connectivity index (χ0) is 22.3. The van der Waals surface area contributed by atoms with Crippen molar-refractivity contribution < 1.29 is 28.4 Å². The molecule has 3 heterocycles. The van der Waals surface area contributed by atoms with E-state index in [0.29, 0.717) is 28.3 Å². The zero-order valence-electron chi connectivity index (χ0n) is 17.3. The van der Waals surface area contributed by atoms with Crippen LogP contribution in [0, 0.1) is 20.8 Å². The second-order valence-electron chi connectivity index (χ2n) is 6.98. The van der Waals surface area contributed by atoms with Crippen molar-refractivity contribution >= 4 is 28.7 Å². The maximum absolute atomic E-state index is 13.2. The van der Waals surface area contributed by atoms with Crippen molar-refractivity contribution in [1.82, 2.24) is 10.1 Å². The molecule has 1 amide bonds. The van der Waals surface area contributed by atoms with Gasteiger partial charge >= 0.3 is 5.97 Å². The summed E-state index contributed by atoms with van der Waals surface area (Å²) in [7, 11) is 1.20. The number of amides is 1. The van der Waals surface area contributed by atoms with E-state index in [2.05, 4.69) is 20.2 Å². The summed E-state index contributed by atoms with van der Waals surface area (Å²) < 4.78 is 15.5. The molecular weight excluding hydrogens is 402 g/mol. The molecule has 0 spiro atoms. The van der Waals surface area contributed by atoms with E-state index in [9.17, 15) is 14.7 Å². The highest BCUT2D eigenvalue weighted by molar-refractivity contribution is 6.14. The van der Waals surface area contributed by atoms with Gasteiger partial charge in [-0.1, -0.05) is 11.2 Å². The van der Waals surface area contributed by atoms with Crippen molar-refractivity contribution in [3.8, 4) is 17.0 Å². The van der Waals surface area contributed by atoms with Crippen LogP contribution < -0.4 is 5.32 Å². The second-order valence-corrected chi connectivity index (χ2v) is 6.98. The van der Waals surface area contributed by atoms with Gasteiger partial charge in [0.1, 0.15) is 17.1 Å². The van der Waals surface area contributed by atoms with Crippen LogP contribution in [0.5, 0.6) is 5.75 Å². The minimum atomic E-state index is -0.720. The number of anilines is 1. The fourth-order valence-electron chi connectivity index (χ4n) is 3.41. The first-order chi connectivity index (χ1) is 14.8. The lowest BCUT2D eigenvalue weighted by molar-refractivity contribution is 0.0597. The van der Waals surface area contributed by atoms with E-state index in [1.165, 1.54) is 25.3 Å². The number of benzene rings is 1. The van der Waals surface area contributed by atoms with E-state index in [1.54, 1.807) is 19.9 Å². The maximum atomic E-state index is 13.2. The SMILES string of the molecule is COC(=O)c1cccc(NC(=O)c2cc(-c3cc(C)oc3C)nc3onc(C)c23)c1O. The number of aromatic nitrogens is 2. The molecular formula is C22H19N3O6. The number of carbonyl (C=O) groups excluding carboxylic acids is 2. The Hall–Kier alpha value is -4.14. The summed E-state index contributed by atoms with van der Waals surface area (Å²) in [6.07, 6.45) is 0. The number of phenolic OH excluding ortho intramolecular Hbond substituents is 1. The van der Waals surface area contributed by atoms with E-state index < -0.39 is 17.6 Å². The number of aromatic hydroxyl groups is 1. The highest BCUT2D eigenvalue weighted by Crippen LogP contribution is 2.32. The Morgan fingerprint density at radius 2 is 1.90 bits per heavy atom. The quantitative estimate of drug-likeness (QED) is 0.371. The van der Waals surface area contributed by atoms with Crippen LogP contribution >= 0.6 is 0 Å². The van der Waals surface area contributed by atoms with E-state index in [1.807, 2.05) is 13.0 Å². The van der Waals surface area contributed by atoms with Crippen molar-refractivity contribution in [2.75, 3.05) is 12.4 Å². The number of fused-ring (bicyclic) bond motifs is 1. The second kappa shape index (κ2) is 7.60. The monoisotopic (exact) mass is 421 g/mol. The summed E-state index contributed by atoms with van der Waals surface area (Å²) in [6.45, 7) is 5.32. The lowest BCUT2D eigenvalue weighted by atomic mass is 10.0. The van der Waals surface area contributed by atoms with E-state index in [-0.39, 0.29) is 22.5 Å². The molecule has 0 fully saturated rings. The molecule has 31 heavy (non-hydrogen) atoms. The Bertz CT molecular complexity index is 1330. The van der Waals surface area contributed by atoms with E-state index in [4.69, 9.17) is 8.94 Å². The number of furan rings is 1. The topological polar surface area (TPSA) is 128 Å². The van der Waals surface area contributed by atoms with Crippen molar-refractivity contribution in [3.05, 3.63) is 58.7 Å². The molecule has 2 N–H and O–H groups in total. The third-order valence-corrected chi connectivity index (χ3v) is 4.87. The van der Waals surface area contributed by atoms with Crippen LogP contribution in [0.2, 0.25) is 0 Å². The first-order valence-electron chi connectivity index (χ1n) is 9.36. The van der Waals surface area contributed by atoms with Crippen molar-refractivity contribution in [1.29, 1.82) is 0 Å². The Labute approximate surface area is 176 Å². The number of hydrogen-bond donors (Lipinski definition) is 2. The third kappa shape index (κ3) is 3.50. The molecule has 0 saturated carbocycles. The molecule has 0 aliphatic carbocycles. The van der Waals surface area contributed by atoms with Gasteiger partial charge in [0.2, 0.25) is 0 Å². The molecule has 4 aromatic rings. The van der Waals surface area contributed by atoms with Gasteiger partial charge in [-0.05, 0) is 45.0 Å².